The van der Waals surface area contributed by atoms with Gasteiger partial charge in [-0.3, -0.25) is 0 Å². The summed E-state index contributed by atoms with van der Waals surface area (Å²) in [4.78, 5) is 11.5. The number of carbonyl (C=O) groups excluding carboxylic acids is 1. The maximum atomic E-state index is 11.5. The van der Waals surface area contributed by atoms with E-state index in [-0.39, 0.29) is 0 Å². The largest absolute Gasteiger partial charge is 0.444 e. The van der Waals surface area contributed by atoms with E-state index in [4.69, 9.17) is 52.1 Å². The highest BCUT2D eigenvalue weighted by molar-refractivity contribution is 5.67. The van der Waals surface area contributed by atoms with Crippen LogP contribution in [0, 0.1) is 0 Å². The van der Waals surface area contributed by atoms with Gasteiger partial charge in [0.2, 0.25) is 0 Å². The van der Waals surface area contributed by atoms with E-state index in [0.717, 1.165) is 13.0 Å². The highest BCUT2D eigenvalue weighted by atomic mass is 16.6. The number of unbranched alkanes of at least 4 members (excludes halogenated alkanes) is 15. The Balaban J connectivity index is 3.09. The fourth-order valence-corrected chi connectivity index (χ4v) is 5.37. The van der Waals surface area contributed by atoms with Crippen LogP contribution in [0.4, 0.5) is 4.79 Å². The van der Waals surface area contributed by atoms with Crippen LogP contribution in [0.1, 0.15) is 130 Å². The zero-order valence-corrected chi connectivity index (χ0v) is 36.6. The Morgan fingerprint density at radius 1 is 0.339 bits per heavy atom. The van der Waals surface area contributed by atoms with Crippen LogP contribution < -0.4 is 5.32 Å². The molecule has 0 atom stereocenters. The number of rotatable bonds is 47. The van der Waals surface area contributed by atoms with E-state index in [1.807, 2.05) is 20.8 Å². The van der Waals surface area contributed by atoms with Gasteiger partial charge in [0.25, 0.3) is 0 Å². The molecule has 0 fully saturated rings. The molecule has 0 spiro atoms. The number of hydrogen-bond donors (Lipinski definition) is 1. The molecule has 0 aliphatic heterocycles. The molecule has 0 saturated heterocycles. The molecule has 0 aliphatic carbocycles. The number of nitrogens with one attached hydrogen (secondary N) is 1. The lowest BCUT2D eigenvalue weighted by molar-refractivity contribution is -0.0264. The first kappa shape index (κ1) is 54.9. The van der Waals surface area contributed by atoms with E-state index in [1.165, 1.54) is 96.3 Å². The van der Waals surface area contributed by atoms with Gasteiger partial charge in [0, 0.05) is 13.2 Å². The molecule has 1 N–H and O–H groups in total. The zero-order chi connectivity index (χ0) is 40.7. The minimum absolute atomic E-state index is 0.386. The fourth-order valence-electron chi connectivity index (χ4n) is 5.37. The molecule has 0 aromatic rings. The zero-order valence-electron chi connectivity index (χ0n) is 36.6. The Bertz CT molecular complexity index is 759. The van der Waals surface area contributed by atoms with Gasteiger partial charge in [-0.15, -0.1) is 0 Å². The normalized spacial score (nSPS) is 11.8. The average Bonchev–Trinajstić information content (AvgIpc) is 3.17. The lowest BCUT2D eigenvalue weighted by Crippen LogP contribution is -2.34. The molecule has 0 aromatic heterocycles. The van der Waals surface area contributed by atoms with E-state index in [1.54, 1.807) is 0 Å². The van der Waals surface area contributed by atoms with E-state index < -0.39 is 11.7 Å². The van der Waals surface area contributed by atoms with Crippen molar-refractivity contribution in [2.45, 2.75) is 136 Å². The quantitative estimate of drug-likeness (QED) is 0.0599. The van der Waals surface area contributed by atoms with Crippen molar-refractivity contribution in [3.8, 4) is 0 Å². The number of ether oxygens (including phenoxy) is 11. The summed E-state index contributed by atoms with van der Waals surface area (Å²) in [6.07, 6.45) is 21.7. The van der Waals surface area contributed by atoms with Crippen molar-refractivity contribution in [2.75, 3.05) is 139 Å². The van der Waals surface area contributed by atoms with Crippen molar-refractivity contribution in [1.29, 1.82) is 0 Å². The summed E-state index contributed by atoms with van der Waals surface area (Å²) in [6, 6.07) is 0. The van der Waals surface area contributed by atoms with Crippen molar-refractivity contribution >= 4 is 6.09 Å². The molecular weight excluding hydrogens is 722 g/mol. The highest BCUT2D eigenvalue weighted by Gasteiger charge is 2.15. The number of alkyl carbamates (subject to hydrolysis) is 1. The second-order valence-electron chi connectivity index (χ2n) is 14.9. The monoisotopic (exact) mass is 810 g/mol. The third-order valence-corrected chi connectivity index (χ3v) is 8.40. The maximum Gasteiger partial charge on any atom is 0.407 e. The Morgan fingerprint density at radius 2 is 0.571 bits per heavy atom. The fraction of sp³-hybridized carbons (Fsp3) is 0.977. The molecule has 0 aliphatic rings. The van der Waals surface area contributed by atoms with Gasteiger partial charge in [0.1, 0.15) is 5.60 Å². The summed E-state index contributed by atoms with van der Waals surface area (Å²) in [6.45, 7) is 18.7. The molecule has 0 saturated carbocycles. The molecule has 0 unspecified atom stereocenters. The van der Waals surface area contributed by atoms with Gasteiger partial charge < -0.3 is 57.4 Å². The summed E-state index contributed by atoms with van der Waals surface area (Å²) in [5.74, 6) is 0. The van der Waals surface area contributed by atoms with Crippen molar-refractivity contribution in [3.63, 3.8) is 0 Å². The lowest BCUT2D eigenvalue weighted by Gasteiger charge is -2.19. The summed E-state index contributed by atoms with van der Waals surface area (Å²) >= 11 is 0. The van der Waals surface area contributed by atoms with E-state index in [0.29, 0.717) is 132 Å². The predicted molar refractivity (Wildman–Crippen MR) is 222 cm³/mol. The van der Waals surface area contributed by atoms with Crippen molar-refractivity contribution in [3.05, 3.63) is 0 Å². The molecule has 0 radical (unpaired) electrons. The SMILES string of the molecule is CCCCCCCCCCCCCCCCCCOCCOCCOCCOCCOCCOCCOCCOCCOCCOCCNC(=O)OC(C)(C)C. The minimum atomic E-state index is -0.509. The second-order valence-corrected chi connectivity index (χ2v) is 14.9. The first-order chi connectivity index (χ1) is 27.5. The Kier molecular flexibility index (Phi) is 45.6. The standard InChI is InChI=1S/C43H87NO12/c1-5-6-7-8-9-10-11-12-13-14-15-16-17-18-19-20-22-46-24-26-48-28-30-50-32-34-52-36-38-54-40-41-55-39-37-53-35-33-51-31-29-49-27-25-47-23-21-44-42(45)56-43(2,3)4/h5-41H2,1-4H3,(H,44,45). The molecule has 56 heavy (non-hydrogen) atoms. The van der Waals surface area contributed by atoms with Crippen LogP contribution in [0.2, 0.25) is 0 Å². The topological polar surface area (TPSA) is 131 Å². The molecule has 13 nitrogen and oxygen atoms in total. The van der Waals surface area contributed by atoms with Gasteiger partial charge in [0.15, 0.2) is 0 Å². The number of amides is 1. The van der Waals surface area contributed by atoms with Gasteiger partial charge in [-0.1, -0.05) is 103 Å². The Hall–Kier alpha value is -1.13. The second kappa shape index (κ2) is 46.6. The van der Waals surface area contributed by atoms with Crippen LogP contribution in [-0.2, 0) is 52.1 Å². The van der Waals surface area contributed by atoms with Crippen molar-refractivity contribution in [1.82, 2.24) is 5.32 Å². The summed E-state index contributed by atoms with van der Waals surface area (Å²) in [7, 11) is 0. The van der Waals surface area contributed by atoms with Gasteiger partial charge in [0.05, 0.1) is 126 Å². The highest BCUT2D eigenvalue weighted by Crippen LogP contribution is 2.14. The Morgan fingerprint density at radius 3 is 0.839 bits per heavy atom. The van der Waals surface area contributed by atoms with Crippen molar-refractivity contribution < 1.29 is 56.9 Å². The first-order valence-corrected chi connectivity index (χ1v) is 22.2. The lowest BCUT2D eigenvalue weighted by atomic mass is 10.0. The van der Waals surface area contributed by atoms with Crippen LogP contribution in [-0.4, -0.2) is 150 Å². The summed E-state index contributed by atoms with van der Waals surface area (Å²) < 4.78 is 60.3. The van der Waals surface area contributed by atoms with Gasteiger partial charge >= 0.3 is 6.09 Å². The summed E-state index contributed by atoms with van der Waals surface area (Å²) in [5.41, 5.74) is -0.509. The minimum Gasteiger partial charge on any atom is -0.444 e. The first-order valence-electron chi connectivity index (χ1n) is 22.2. The number of carbonyl (C=O) groups is 1. The van der Waals surface area contributed by atoms with Gasteiger partial charge in [-0.25, -0.2) is 4.79 Å². The molecule has 13 heteroatoms. The molecule has 336 valence electrons. The Labute approximate surface area is 342 Å². The van der Waals surface area contributed by atoms with Gasteiger partial charge in [-0.05, 0) is 27.2 Å². The molecule has 0 heterocycles. The third kappa shape index (κ3) is 50.9. The molecular formula is C43H87NO12. The van der Waals surface area contributed by atoms with Crippen LogP contribution in [0.3, 0.4) is 0 Å². The molecule has 0 aromatic carbocycles. The van der Waals surface area contributed by atoms with Crippen LogP contribution in [0.15, 0.2) is 0 Å². The van der Waals surface area contributed by atoms with Gasteiger partial charge in [-0.2, -0.15) is 0 Å². The molecule has 1 amide bonds. The van der Waals surface area contributed by atoms with E-state index >= 15 is 0 Å². The maximum absolute atomic E-state index is 11.5. The van der Waals surface area contributed by atoms with Crippen LogP contribution in [0.25, 0.3) is 0 Å². The third-order valence-electron chi connectivity index (χ3n) is 8.40. The smallest absolute Gasteiger partial charge is 0.407 e. The number of hydrogen-bond acceptors (Lipinski definition) is 12. The molecule has 0 rings (SSSR count). The van der Waals surface area contributed by atoms with Crippen LogP contribution in [0.5, 0.6) is 0 Å². The predicted octanol–water partition coefficient (Wildman–Crippen LogP) is 7.94. The molecule has 0 bridgehead atoms. The van der Waals surface area contributed by atoms with Crippen LogP contribution >= 0.6 is 0 Å². The summed E-state index contributed by atoms with van der Waals surface area (Å²) in [5, 5.41) is 2.64. The van der Waals surface area contributed by atoms with E-state index in [2.05, 4.69) is 12.2 Å². The average molecular weight is 810 g/mol. The van der Waals surface area contributed by atoms with Crippen molar-refractivity contribution in [2.24, 2.45) is 0 Å². The van der Waals surface area contributed by atoms with E-state index in [9.17, 15) is 4.79 Å².